The number of fused-ring (bicyclic) bond motifs is 1. The van der Waals surface area contributed by atoms with Gasteiger partial charge in [0, 0.05) is 16.5 Å². The maximum atomic E-state index is 5.16. The lowest BCUT2D eigenvalue weighted by Gasteiger charge is -2.41. The summed E-state index contributed by atoms with van der Waals surface area (Å²) in [6, 6.07) is 54.2. The van der Waals surface area contributed by atoms with E-state index in [0.717, 1.165) is 41.0 Å². The molecule has 52 heavy (non-hydrogen) atoms. The average Bonchev–Trinajstić information content (AvgIpc) is 3.24. The van der Waals surface area contributed by atoms with Gasteiger partial charge in [-0.25, -0.2) is 15.0 Å². The lowest BCUT2D eigenvalue weighted by atomic mass is 9.63. The molecule has 3 heteroatoms. The lowest BCUT2D eigenvalue weighted by molar-refractivity contribution is 0.332. The summed E-state index contributed by atoms with van der Waals surface area (Å²) in [7, 11) is 0. The Bertz CT molecular complexity index is 2410. The van der Waals surface area contributed by atoms with Crippen LogP contribution >= 0.6 is 0 Å². The van der Waals surface area contributed by atoms with Gasteiger partial charge in [0.05, 0.1) is 0 Å². The molecule has 1 fully saturated rings. The van der Waals surface area contributed by atoms with Gasteiger partial charge in [-0.2, -0.15) is 0 Å². The molecule has 0 radical (unpaired) electrons. The van der Waals surface area contributed by atoms with Crippen LogP contribution in [0.5, 0.6) is 0 Å². The Morgan fingerprint density at radius 2 is 1.02 bits per heavy atom. The van der Waals surface area contributed by atoms with E-state index in [1.807, 2.05) is 18.2 Å². The van der Waals surface area contributed by atoms with E-state index in [9.17, 15) is 0 Å². The molecule has 7 aromatic rings. The molecule has 3 nitrogen and oxygen atoms in total. The van der Waals surface area contributed by atoms with Gasteiger partial charge in [-0.05, 0) is 75.9 Å². The van der Waals surface area contributed by atoms with Crippen molar-refractivity contribution in [2.75, 3.05) is 0 Å². The molecular weight excluding hydrogens is 631 g/mol. The van der Waals surface area contributed by atoms with Gasteiger partial charge >= 0.3 is 0 Å². The zero-order valence-corrected chi connectivity index (χ0v) is 29.4. The number of rotatable bonds is 7. The smallest absolute Gasteiger partial charge is 0.164 e. The Morgan fingerprint density at radius 1 is 0.423 bits per heavy atom. The van der Waals surface area contributed by atoms with E-state index in [1.165, 1.54) is 70.9 Å². The highest BCUT2D eigenvalue weighted by Gasteiger charge is 2.38. The second kappa shape index (κ2) is 14.0. The van der Waals surface area contributed by atoms with Gasteiger partial charge in [0.2, 0.25) is 0 Å². The van der Waals surface area contributed by atoms with E-state index in [1.54, 1.807) is 5.57 Å². The maximum absolute atomic E-state index is 5.16. The normalized spacial score (nSPS) is 15.5. The standard InChI is InChI=1S/C49H41N3/c1-4-14-35(15-5-1)40-20-12-21-41(34-40)36-24-28-42(29-25-36)49(32-10-3-11-33-49)43-30-26-39(27-31-43)47-50-46(38-17-6-2-7-18-38)51-48(52-47)45-23-13-19-37-16-8-9-22-44(37)45/h1-2,4-9,12-26,28-30,34H,3,10-11,27,31-33H2. The second-order valence-corrected chi connectivity index (χ2v) is 14.2. The van der Waals surface area contributed by atoms with Crippen LogP contribution in [0.3, 0.4) is 0 Å². The molecule has 0 N–H and O–H groups in total. The first kappa shape index (κ1) is 32.0. The monoisotopic (exact) mass is 671 g/mol. The van der Waals surface area contributed by atoms with E-state index in [4.69, 9.17) is 15.0 Å². The molecule has 0 saturated heterocycles. The number of allylic oxidation sites excluding steroid dienone is 4. The van der Waals surface area contributed by atoms with Gasteiger partial charge in [0.1, 0.15) is 0 Å². The Labute approximate surface area is 306 Å². The van der Waals surface area contributed by atoms with Crippen molar-refractivity contribution in [1.29, 1.82) is 0 Å². The van der Waals surface area contributed by atoms with Crippen LogP contribution < -0.4 is 0 Å². The Balaban J connectivity index is 1.07. The summed E-state index contributed by atoms with van der Waals surface area (Å²) in [5, 5.41) is 2.33. The molecule has 2 aliphatic carbocycles. The fourth-order valence-corrected chi connectivity index (χ4v) is 8.44. The summed E-state index contributed by atoms with van der Waals surface area (Å²) in [4.78, 5) is 15.3. The van der Waals surface area contributed by atoms with Crippen molar-refractivity contribution >= 4 is 16.3 Å². The van der Waals surface area contributed by atoms with Crippen LogP contribution in [-0.4, -0.2) is 15.0 Å². The minimum absolute atomic E-state index is 0.0626. The van der Waals surface area contributed by atoms with Crippen molar-refractivity contribution in [1.82, 2.24) is 15.0 Å². The fourth-order valence-electron chi connectivity index (χ4n) is 8.44. The molecule has 0 spiro atoms. The largest absolute Gasteiger partial charge is 0.209 e. The van der Waals surface area contributed by atoms with Crippen molar-refractivity contribution < 1.29 is 0 Å². The molecule has 0 amide bonds. The lowest BCUT2D eigenvalue weighted by Crippen LogP contribution is -2.32. The van der Waals surface area contributed by atoms with Crippen LogP contribution in [0, 0.1) is 0 Å². The summed E-state index contributed by atoms with van der Waals surface area (Å²) in [5.41, 5.74) is 11.3. The van der Waals surface area contributed by atoms with Crippen LogP contribution in [0.15, 0.2) is 169 Å². The van der Waals surface area contributed by atoms with Gasteiger partial charge in [-0.1, -0.05) is 183 Å². The number of nitrogens with zero attached hydrogens (tertiary/aromatic N) is 3. The van der Waals surface area contributed by atoms with Gasteiger partial charge in [-0.3, -0.25) is 0 Å². The van der Waals surface area contributed by atoms with Crippen LogP contribution in [0.1, 0.15) is 56.3 Å². The third kappa shape index (κ3) is 6.17. The predicted octanol–water partition coefficient (Wildman–Crippen LogP) is 12.7. The van der Waals surface area contributed by atoms with E-state index >= 15 is 0 Å². The summed E-state index contributed by atoms with van der Waals surface area (Å²) < 4.78 is 0. The summed E-state index contributed by atoms with van der Waals surface area (Å²) in [6.45, 7) is 0. The minimum atomic E-state index is 0.0626. The fraction of sp³-hybridized carbons (Fsp3) is 0.163. The molecular formula is C49H41N3. The van der Waals surface area contributed by atoms with E-state index < -0.39 is 0 Å². The van der Waals surface area contributed by atoms with Gasteiger partial charge in [-0.15, -0.1) is 0 Å². The van der Waals surface area contributed by atoms with Crippen LogP contribution in [-0.2, 0) is 5.41 Å². The number of benzene rings is 6. The molecule has 1 saturated carbocycles. The van der Waals surface area contributed by atoms with Crippen LogP contribution in [0.4, 0.5) is 0 Å². The first-order valence-corrected chi connectivity index (χ1v) is 18.7. The molecule has 0 bridgehead atoms. The summed E-state index contributed by atoms with van der Waals surface area (Å²) >= 11 is 0. The van der Waals surface area contributed by atoms with Crippen molar-refractivity contribution in [2.24, 2.45) is 0 Å². The molecule has 0 atom stereocenters. The van der Waals surface area contributed by atoms with Crippen molar-refractivity contribution in [3.05, 3.63) is 181 Å². The third-order valence-corrected chi connectivity index (χ3v) is 11.2. The van der Waals surface area contributed by atoms with Crippen molar-refractivity contribution in [2.45, 2.75) is 50.4 Å². The highest BCUT2D eigenvalue weighted by molar-refractivity contribution is 5.95. The highest BCUT2D eigenvalue weighted by atomic mass is 15.0. The van der Waals surface area contributed by atoms with Crippen molar-refractivity contribution in [3.63, 3.8) is 0 Å². The third-order valence-electron chi connectivity index (χ3n) is 11.2. The van der Waals surface area contributed by atoms with Gasteiger partial charge < -0.3 is 0 Å². The minimum Gasteiger partial charge on any atom is -0.209 e. The van der Waals surface area contributed by atoms with E-state index in [-0.39, 0.29) is 5.41 Å². The highest BCUT2D eigenvalue weighted by Crippen LogP contribution is 2.49. The molecule has 1 heterocycles. The quantitative estimate of drug-likeness (QED) is 0.169. The second-order valence-electron chi connectivity index (χ2n) is 14.2. The Kier molecular flexibility index (Phi) is 8.62. The molecule has 9 rings (SSSR count). The zero-order valence-electron chi connectivity index (χ0n) is 29.4. The molecule has 1 aromatic heterocycles. The Hall–Kier alpha value is -5.93. The first-order valence-electron chi connectivity index (χ1n) is 18.7. The number of hydrogen-bond donors (Lipinski definition) is 0. The van der Waals surface area contributed by atoms with Gasteiger partial charge in [0.25, 0.3) is 0 Å². The van der Waals surface area contributed by atoms with Gasteiger partial charge in [0.15, 0.2) is 17.5 Å². The molecule has 0 unspecified atom stereocenters. The van der Waals surface area contributed by atoms with Crippen LogP contribution in [0.25, 0.3) is 61.4 Å². The number of aromatic nitrogens is 3. The SMILES string of the molecule is C1=C(c2nc(-c3ccccc3)nc(-c3cccc4ccccc34)n2)CCC(C2(c3ccc(-c4cccc(-c5ccccc5)c4)cc3)CCCCC2)=C1. The maximum Gasteiger partial charge on any atom is 0.164 e. The van der Waals surface area contributed by atoms with E-state index in [2.05, 4.69) is 146 Å². The average molecular weight is 672 g/mol. The first-order chi connectivity index (χ1) is 25.7. The summed E-state index contributed by atoms with van der Waals surface area (Å²) in [5.74, 6) is 2.20. The molecule has 2 aliphatic rings. The molecule has 0 aliphatic heterocycles. The Morgan fingerprint density at radius 3 is 1.75 bits per heavy atom. The molecule has 252 valence electrons. The van der Waals surface area contributed by atoms with Crippen molar-refractivity contribution in [3.8, 4) is 45.0 Å². The number of hydrogen-bond acceptors (Lipinski definition) is 3. The molecule has 6 aromatic carbocycles. The van der Waals surface area contributed by atoms with E-state index in [0.29, 0.717) is 5.82 Å². The zero-order chi connectivity index (χ0) is 34.7. The summed E-state index contributed by atoms with van der Waals surface area (Å²) in [6.07, 6.45) is 12.8. The van der Waals surface area contributed by atoms with Crippen LogP contribution in [0.2, 0.25) is 0 Å². The topological polar surface area (TPSA) is 38.7 Å². The predicted molar refractivity (Wildman–Crippen MR) is 216 cm³/mol.